The predicted molar refractivity (Wildman–Crippen MR) is 82.8 cm³/mol. The molecule has 1 aromatic heterocycles. The molecule has 1 atom stereocenters. The second kappa shape index (κ2) is 7.15. The third-order valence-electron chi connectivity index (χ3n) is 3.90. The Morgan fingerprint density at radius 3 is 2.80 bits per heavy atom. The molecule has 0 fully saturated rings. The molecule has 0 aliphatic heterocycles. The van der Waals surface area contributed by atoms with Gasteiger partial charge < -0.3 is 5.73 Å². The number of aromatic nitrogens is 1. The Balaban J connectivity index is 2.11. The van der Waals surface area contributed by atoms with Crippen LogP contribution < -0.4 is 5.73 Å². The predicted octanol–water partition coefficient (Wildman–Crippen LogP) is 3.57. The van der Waals surface area contributed by atoms with Crippen LogP contribution in [-0.4, -0.2) is 17.3 Å². The fourth-order valence-electron chi connectivity index (χ4n) is 2.60. The Morgan fingerprint density at radius 2 is 2.05 bits per heavy atom. The lowest BCUT2D eigenvalue weighted by Gasteiger charge is -2.13. The van der Waals surface area contributed by atoms with Crippen molar-refractivity contribution in [2.24, 2.45) is 11.7 Å². The molecule has 2 aromatic rings. The Hall–Kier alpha value is -1.74. The van der Waals surface area contributed by atoms with Crippen LogP contribution in [-0.2, 0) is 0 Å². The molecule has 0 radical (unpaired) electrons. The summed E-state index contributed by atoms with van der Waals surface area (Å²) in [4.78, 5) is 16.6. The number of rotatable bonds is 7. The van der Waals surface area contributed by atoms with Crippen LogP contribution in [0.4, 0.5) is 0 Å². The summed E-state index contributed by atoms with van der Waals surface area (Å²) in [5.41, 5.74) is 6.34. The maximum absolute atomic E-state index is 12.4. The average Bonchev–Trinajstić information content (AvgIpc) is 2.50. The molecular weight excluding hydrogens is 248 g/mol. The Labute approximate surface area is 120 Å². The maximum atomic E-state index is 12.4. The molecule has 0 saturated carbocycles. The van der Waals surface area contributed by atoms with Gasteiger partial charge in [0, 0.05) is 29.8 Å². The third-order valence-corrected chi connectivity index (χ3v) is 3.90. The number of hydrogen-bond acceptors (Lipinski definition) is 3. The number of Topliss-reactive ketones (excluding diaryl/α,β-unsaturated/α-hetero) is 1. The van der Waals surface area contributed by atoms with Crippen LogP contribution in [0.25, 0.3) is 10.8 Å². The van der Waals surface area contributed by atoms with E-state index in [9.17, 15) is 4.79 Å². The van der Waals surface area contributed by atoms with Gasteiger partial charge in [0.15, 0.2) is 5.78 Å². The lowest BCUT2D eigenvalue weighted by molar-refractivity contribution is 0.0974. The van der Waals surface area contributed by atoms with E-state index in [2.05, 4.69) is 11.9 Å². The van der Waals surface area contributed by atoms with Crippen molar-refractivity contribution in [1.82, 2.24) is 4.98 Å². The van der Waals surface area contributed by atoms with Crippen LogP contribution in [0.2, 0.25) is 0 Å². The summed E-state index contributed by atoms with van der Waals surface area (Å²) in [6.45, 7) is 2.85. The van der Waals surface area contributed by atoms with Crippen molar-refractivity contribution in [2.45, 2.75) is 32.6 Å². The number of pyridine rings is 1. The summed E-state index contributed by atoms with van der Waals surface area (Å²) in [7, 11) is 0. The Bertz CT molecular complexity index is 575. The highest BCUT2D eigenvalue weighted by molar-refractivity contribution is 6.07. The lowest BCUT2D eigenvalue weighted by atomic mass is 9.93. The molecule has 0 amide bonds. The van der Waals surface area contributed by atoms with Crippen molar-refractivity contribution in [3.05, 3.63) is 42.2 Å². The molecule has 0 saturated heterocycles. The SMILES string of the molecule is CCC(CCN)CCC(=O)c1cncc2ccccc12. The average molecular weight is 270 g/mol. The number of carbonyl (C=O) groups is 1. The number of nitrogens with two attached hydrogens (primary N) is 1. The van der Waals surface area contributed by atoms with Crippen molar-refractivity contribution in [3.63, 3.8) is 0 Å². The first-order valence-electron chi connectivity index (χ1n) is 7.32. The first-order valence-corrected chi connectivity index (χ1v) is 7.32. The number of carbonyl (C=O) groups excluding carboxylic acids is 1. The minimum atomic E-state index is 0.185. The van der Waals surface area contributed by atoms with Crippen LogP contribution in [0.1, 0.15) is 43.0 Å². The fourth-order valence-corrected chi connectivity index (χ4v) is 2.60. The van der Waals surface area contributed by atoms with Crippen molar-refractivity contribution in [2.75, 3.05) is 6.54 Å². The molecule has 1 heterocycles. The molecule has 0 bridgehead atoms. The van der Waals surface area contributed by atoms with Crippen molar-refractivity contribution in [3.8, 4) is 0 Å². The van der Waals surface area contributed by atoms with Crippen molar-refractivity contribution >= 4 is 16.6 Å². The first-order chi connectivity index (χ1) is 9.76. The molecule has 3 heteroatoms. The molecule has 2 N–H and O–H groups in total. The zero-order valence-corrected chi connectivity index (χ0v) is 12.0. The van der Waals surface area contributed by atoms with E-state index in [1.165, 1.54) is 0 Å². The molecule has 0 aliphatic carbocycles. The summed E-state index contributed by atoms with van der Waals surface area (Å²) in [5.74, 6) is 0.733. The second-order valence-electron chi connectivity index (χ2n) is 5.22. The van der Waals surface area contributed by atoms with Crippen molar-refractivity contribution < 1.29 is 4.79 Å². The van der Waals surface area contributed by atoms with Gasteiger partial charge in [-0.05, 0) is 30.7 Å². The van der Waals surface area contributed by atoms with Gasteiger partial charge in [0.25, 0.3) is 0 Å². The number of hydrogen-bond donors (Lipinski definition) is 1. The number of nitrogens with zero attached hydrogens (tertiary/aromatic N) is 1. The van der Waals surface area contributed by atoms with Gasteiger partial charge in [0.2, 0.25) is 0 Å². The monoisotopic (exact) mass is 270 g/mol. The van der Waals surface area contributed by atoms with E-state index in [0.29, 0.717) is 18.9 Å². The van der Waals surface area contributed by atoms with Gasteiger partial charge in [-0.25, -0.2) is 0 Å². The number of ketones is 1. The number of benzene rings is 1. The minimum Gasteiger partial charge on any atom is -0.330 e. The van der Waals surface area contributed by atoms with E-state index in [1.54, 1.807) is 12.4 Å². The van der Waals surface area contributed by atoms with Gasteiger partial charge in [-0.3, -0.25) is 9.78 Å². The molecule has 2 rings (SSSR count). The summed E-state index contributed by atoms with van der Waals surface area (Å²) in [6.07, 6.45) is 7.06. The molecule has 1 unspecified atom stereocenters. The largest absolute Gasteiger partial charge is 0.330 e. The van der Waals surface area contributed by atoms with E-state index in [0.717, 1.165) is 35.6 Å². The summed E-state index contributed by atoms with van der Waals surface area (Å²) >= 11 is 0. The topological polar surface area (TPSA) is 56.0 Å². The maximum Gasteiger partial charge on any atom is 0.165 e. The van der Waals surface area contributed by atoms with Crippen LogP contribution in [0.5, 0.6) is 0 Å². The zero-order chi connectivity index (χ0) is 14.4. The highest BCUT2D eigenvalue weighted by Crippen LogP contribution is 2.21. The van der Waals surface area contributed by atoms with Gasteiger partial charge in [0.05, 0.1) is 0 Å². The third kappa shape index (κ3) is 3.42. The van der Waals surface area contributed by atoms with Crippen LogP contribution >= 0.6 is 0 Å². The smallest absolute Gasteiger partial charge is 0.165 e. The van der Waals surface area contributed by atoms with Crippen LogP contribution in [0, 0.1) is 5.92 Å². The highest BCUT2D eigenvalue weighted by Gasteiger charge is 2.13. The molecule has 3 nitrogen and oxygen atoms in total. The normalized spacial score (nSPS) is 12.5. The fraction of sp³-hybridized carbons (Fsp3) is 0.412. The Morgan fingerprint density at radius 1 is 1.25 bits per heavy atom. The quantitative estimate of drug-likeness (QED) is 0.782. The van der Waals surface area contributed by atoms with Crippen LogP contribution in [0.15, 0.2) is 36.7 Å². The van der Waals surface area contributed by atoms with Gasteiger partial charge in [-0.2, -0.15) is 0 Å². The summed E-state index contributed by atoms with van der Waals surface area (Å²) in [5, 5.41) is 2.02. The van der Waals surface area contributed by atoms with E-state index in [-0.39, 0.29) is 5.78 Å². The van der Waals surface area contributed by atoms with Gasteiger partial charge >= 0.3 is 0 Å². The number of fused-ring (bicyclic) bond motifs is 1. The minimum absolute atomic E-state index is 0.185. The van der Waals surface area contributed by atoms with Gasteiger partial charge in [-0.1, -0.05) is 37.6 Å². The summed E-state index contributed by atoms with van der Waals surface area (Å²) in [6, 6.07) is 7.90. The molecule has 106 valence electrons. The second-order valence-corrected chi connectivity index (χ2v) is 5.22. The Kier molecular flexibility index (Phi) is 5.24. The zero-order valence-electron chi connectivity index (χ0n) is 12.0. The van der Waals surface area contributed by atoms with Gasteiger partial charge in [0.1, 0.15) is 0 Å². The van der Waals surface area contributed by atoms with E-state index in [1.807, 2.05) is 24.3 Å². The summed E-state index contributed by atoms with van der Waals surface area (Å²) < 4.78 is 0. The highest BCUT2D eigenvalue weighted by atomic mass is 16.1. The van der Waals surface area contributed by atoms with Crippen LogP contribution in [0.3, 0.4) is 0 Å². The first kappa shape index (κ1) is 14.7. The van der Waals surface area contributed by atoms with E-state index >= 15 is 0 Å². The lowest BCUT2D eigenvalue weighted by Crippen LogP contribution is -2.10. The van der Waals surface area contributed by atoms with Crippen molar-refractivity contribution in [1.29, 1.82) is 0 Å². The van der Waals surface area contributed by atoms with E-state index < -0.39 is 0 Å². The molecular formula is C17H22N2O. The molecule has 0 aliphatic rings. The molecule has 0 spiro atoms. The molecule has 1 aromatic carbocycles. The van der Waals surface area contributed by atoms with Gasteiger partial charge in [-0.15, -0.1) is 0 Å². The van der Waals surface area contributed by atoms with E-state index in [4.69, 9.17) is 5.73 Å². The standard InChI is InChI=1S/C17H22N2O/c1-2-13(9-10-18)7-8-17(20)16-12-19-11-14-5-3-4-6-15(14)16/h3-6,11-13H,2,7-10,18H2,1H3. The molecule has 20 heavy (non-hydrogen) atoms.